The van der Waals surface area contributed by atoms with E-state index in [9.17, 15) is 10.2 Å². The van der Waals surface area contributed by atoms with Crippen LogP contribution in [0, 0.1) is 0 Å². The Morgan fingerprint density at radius 2 is 1.86 bits per heavy atom. The minimum atomic E-state index is -0.725. The van der Waals surface area contributed by atoms with Crippen molar-refractivity contribution in [1.29, 1.82) is 0 Å². The van der Waals surface area contributed by atoms with Gasteiger partial charge in [-0.3, -0.25) is 0 Å². The molecule has 0 aromatic rings. The Labute approximate surface area is 86.5 Å². The minimum absolute atomic E-state index is 0.0141. The number of aliphatic hydroxyl groups excluding tert-OH is 1. The SMILES string of the molecule is CC(N[C@@H]1CCCC[C@H]1O)C(C)(C)O. The van der Waals surface area contributed by atoms with Crippen molar-refractivity contribution >= 4 is 0 Å². The first-order valence-corrected chi connectivity index (χ1v) is 5.58. The summed E-state index contributed by atoms with van der Waals surface area (Å²) in [6, 6.07) is 0.172. The molecule has 0 bridgehead atoms. The maximum atomic E-state index is 9.76. The lowest BCUT2D eigenvalue weighted by molar-refractivity contribution is 0.0189. The zero-order valence-electron chi connectivity index (χ0n) is 9.45. The van der Waals surface area contributed by atoms with Gasteiger partial charge in [-0.15, -0.1) is 0 Å². The zero-order chi connectivity index (χ0) is 10.8. The molecule has 0 saturated heterocycles. The average molecular weight is 201 g/mol. The molecule has 3 N–H and O–H groups in total. The number of rotatable bonds is 3. The Morgan fingerprint density at radius 3 is 2.36 bits per heavy atom. The first kappa shape index (κ1) is 12.0. The van der Waals surface area contributed by atoms with E-state index in [-0.39, 0.29) is 18.2 Å². The third kappa shape index (κ3) is 3.23. The van der Waals surface area contributed by atoms with E-state index in [0.717, 1.165) is 19.3 Å². The van der Waals surface area contributed by atoms with E-state index in [1.807, 2.05) is 6.92 Å². The third-order valence-electron chi connectivity index (χ3n) is 3.25. The van der Waals surface area contributed by atoms with Crippen molar-refractivity contribution in [2.24, 2.45) is 0 Å². The fourth-order valence-corrected chi connectivity index (χ4v) is 1.83. The predicted octanol–water partition coefficient (Wildman–Crippen LogP) is 1.04. The van der Waals surface area contributed by atoms with Crippen LogP contribution in [-0.4, -0.2) is 34.0 Å². The van der Waals surface area contributed by atoms with E-state index < -0.39 is 5.60 Å². The molecule has 0 amide bonds. The molecule has 1 unspecified atom stereocenters. The van der Waals surface area contributed by atoms with E-state index in [2.05, 4.69) is 5.32 Å². The van der Waals surface area contributed by atoms with Crippen molar-refractivity contribution in [2.45, 2.75) is 70.2 Å². The second kappa shape index (κ2) is 4.60. The molecule has 3 heteroatoms. The van der Waals surface area contributed by atoms with Crippen LogP contribution in [0.5, 0.6) is 0 Å². The molecule has 1 fully saturated rings. The lowest BCUT2D eigenvalue weighted by Crippen LogP contribution is -2.53. The molecule has 1 saturated carbocycles. The highest BCUT2D eigenvalue weighted by atomic mass is 16.3. The van der Waals surface area contributed by atoms with Crippen molar-refractivity contribution in [2.75, 3.05) is 0 Å². The summed E-state index contributed by atoms with van der Waals surface area (Å²) in [5.74, 6) is 0. The predicted molar refractivity (Wildman–Crippen MR) is 57.2 cm³/mol. The summed E-state index contributed by atoms with van der Waals surface area (Å²) in [6.07, 6.45) is 3.95. The van der Waals surface area contributed by atoms with Gasteiger partial charge in [0.1, 0.15) is 0 Å². The quantitative estimate of drug-likeness (QED) is 0.639. The van der Waals surface area contributed by atoms with Crippen molar-refractivity contribution in [1.82, 2.24) is 5.32 Å². The van der Waals surface area contributed by atoms with Crippen LogP contribution in [-0.2, 0) is 0 Å². The van der Waals surface area contributed by atoms with E-state index in [4.69, 9.17) is 0 Å². The first-order valence-electron chi connectivity index (χ1n) is 5.58. The summed E-state index contributed by atoms with van der Waals surface area (Å²) in [6.45, 7) is 5.54. The standard InChI is InChI=1S/C11H23NO2/c1-8(11(2,3)14)12-9-6-4-5-7-10(9)13/h8-10,12-14H,4-7H2,1-3H3/t8?,9-,10-/m1/s1. The summed E-state index contributed by atoms with van der Waals surface area (Å²) < 4.78 is 0. The zero-order valence-corrected chi connectivity index (χ0v) is 9.45. The number of aliphatic hydroxyl groups is 2. The molecule has 0 aromatic heterocycles. The molecule has 14 heavy (non-hydrogen) atoms. The Kier molecular flexibility index (Phi) is 3.93. The molecule has 0 aromatic carbocycles. The highest BCUT2D eigenvalue weighted by Crippen LogP contribution is 2.20. The Balaban J connectivity index is 2.42. The van der Waals surface area contributed by atoms with Gasteiger partial charge in [0, 0.05) is 12.1 Å². The number of nitrogens with one attached hydrogen (secondary N) is 1. The van der Waals surface area contributed by atoms with Crippen LogP contribution in [0.3, 0.4) is 0 Å². The van der Waals surface area contributed by atoms with Gasteiger partial charge >= 0.3 is 0 Å². The summed E-state index contributed by atoms with van der Waals surface area (Å²) in [5, 5.41) is 22.8. The highest BCUT2D eigenvalue weighted by Gasteiger charge is 2.29. The fraction of sp³-hybridized carbons (Fsp3) is 1.00. The number of hydrogen-bond donors (Lipinski definition) is 3. The number of hydrogen-bond acceptors (Lipinski definition) is 3. The van der Waals surface area contributed by atoms with Gasteiger partial charge in [-0.1, -0.05) is 12.8 Å². The Hall–Kier alpha value is -0.120. The van der Waals surface area contributed by atoms with Crippen molar-refractivity contribution in [3.05, 3.63) is 0 Å². The summed E-state index contributed by atoms with van der Waals surface area (Å²) in [4.78, 5) is 0. The highest BCUT2D eigenvalue weighted by molar-refractivity contribution is 4.87. The van der Waals surface area contributed by atoms with Gasteiger partial charge in [0.25, 0.3) is 0 Å². The average Bonchev–Trinajstić information content (AvgIpc) is 2.07. The molecule has 0 radical (unpaired) electrons. The second-order valence-corrected chi connectivity index (χ2v) is 5.00. The van der Waals surface area contributed by atoms with Gasteiger partial charge in [-0.2, -0.15) is 0 Å². The molecule has 1 aliphatic carbocycles. The van der Waals surface area contributed by atoms with E-state index in [1.54, 1.807) is 13.8 Å². The summed E-state index contributed by atoms with van der Waals surface area (Å²) in [7, 11) is 0. The first-order chi connectivity index (χ1) is 6.41. The van der Waals surface area contributed by atoms with Crippen molar-refractivity contribution in [3.8, 4) is 0 Å². The van der Waals surface area contributed by atoms with Crippen LogP contribution in [0.15, 0.2) is 0 Å². The van der Waals surface area contributed by atoms with Gasteiger partial charge < -0.3 is 15.5 Å². The lowest BCUT2D eigenvalue weighted by Gasteiger charge is -2.35. The lowest BCUT2D eigenvalue weighted by atomic mass is 9.90. The van der Waals surface area contributed by atoms with Gasteiger partial charge in [-0.25, -0.2) is 0 Å². The maximum absolute atomic E-state index is 9.76. The van der Waals surface area contributed by atoms with Crippen LogP contribution in [0.4, 0.5) is 0 Å². The third-order valence-corrected chi connectivity index (χ3v) is 3.25. The van der Waals surface area contributed by atoms with E-state index >= 15 is 0 Å². The molecular formula is C11H23NO2. The van der Waals surface area contributed by atoms with Crippen LogP contribution in [0.1, 0.15) is 46.5 Å². The van der Waals surface area contributed by atoms with Crippen LogP contribution in [0.2, 0.25) is 0 Å². The van der Waals surface area contributed by atoms with E-state index in [0.29, 0.717) is 0 Å². The molecule has 1 aliphatic rings. The maximum Gasteiger partial charge on any atom is 0.0741 e. The monoisotopic (exact) mass is 201 g/mol. The van der Waals surface area contributed by atoms with Crippen LogP contribution in [0.25, 0.3) is 0 Å². The molecule has 84 valence electrons. The normalized spacial score (nSPS) is 31.5. The van der Waals surface area contributed by atoms with Gasteiger partial charge in [0.15, 0.2) is 0 Å². The Morgan fingerprint density at radius 1 is 1.29 bits per heavy atom. The smallest absolute Gasteiger partial charge is 0.0741 e. The second-order valence-electron chi connectivity index (χ2n) is 5.00. The molecule has 3 nitrogen and oxygen atoms in total. The van der Waals surface area contributed by atoms with Crippen LogP contribution >= 0.6 is 0 Å². The topological polar surface area (TPSA) is 52.5 Å². The van der Waals surface area contributed by atoms with Crippen molar-refractivity contribution in [3.63, 3.8) is 0 Å². The van der Waals surface area contributed by atoms with Crippen LogP contribution < -0.4 is 5.32 Å². The molecule has 1 rings (SSSR count). The van der Waals surface area contributed by atoms with Gasteiger partial charge in [0.2, 0.25) is 0 Å². The molecule has 3 atom stereocenters. The van der Waals surface area contributed by atoms with E-state index in [1.165, 1.54) is 6.42 Å². The largest absolute Gasteiger partial charge is 0.392 e. The Bertz CT molecular complexity index is 177. The molecule has 0 spiro atoms. The molecule has 0 heterocycles. The summed E-state index contributed by atoms with van der Waals surface area (Å²) >= 11 is 0. The van der Waals surface area contributed by atoms with Gasteiger partial charge in [0.05, 0.1) is 11.7 Å². The minimum Gasteiger partial charge on any atom is -0.392 e. The van der Waals surface area contributed by atoms with Crippen molar-refractivity contribution < 1.29 is 10.2 Å². The summed E-state index contributed by atoms with van der Waals surface area (Å²) in [5.41, 5.74) is -0.725. The molecule has 0 aliphatic heterocycles. The molecular weight excluding hydrogens is 178 g/mol. The fourth-order valence-electron chi connectivity index (χ4n) is 1.83. The van der Waals surface area contributed by atoms with Gasteiger partial charge in [-0.05, 0) is 33.6 Å².